The first-order valence-corrected chi connectivity index (χ1v) is 5.47. The molecule has 0 radical (unpaired) electrons. The average Bonchev–Trinajstić information content (AvgIpc) is 2.53. The van der Waals surface area contributed by atoms with Gasteiger partial charge in [-0.05, 0) is 37.5 Å². The van der Waals surface area contributed by atoms with Crippen LogP contribution in [0.25, 0.3) is 0 Å². The van der Waals surface area contributed by atoms with Crippen LogP contribution in [0.1, 0.15) is 19.3 Å². The van der Waals surface area contributed by atoms with E-state index < -0.39 is 18.6 Å². The zero-order chi connectivity index (χ0) is 12.3. The van der Waals surface area contributed by atoms with Gasteiger partial charge in [-0.15, -0.1) is 0 Å². The van der Waals surface area contributed by atoms with E-state index in [-0.39, 0.29) is 18.2 Å². The Morgan fingerprint density at radius 2 is 1.94 bits per heavy atom. The van der Waals surface area contributed by atoms with E-state index in [0.717, 1.165) is 0 Å². The summed E-state index contributed by atoms with van der Waals surface area (Å²) < 4.78 is 0. The van der Waals surface area contributed by atoms with Gasteiger partial charge in [0.05, 0.1) is 0 Å². The Balaban J connectivity index is 2.60. The molecule has 16 heavy (non-hydrogen) atoms. The Kier molecular flexibility index (Phi) is 4.31. The topological polar surface area (TPSA) is 130 Å². The standard InChI is InChI=1S/C9H19BN2O4/c11-5-7-4-9(12,8(13)14)3-6(7)1-2-10(15)16/h6-7,15-16H,1-5,11-12H2,(H,13,14)/t6-,7+,9-/m1/s1. The molecule has 1 saturated carbocycles. The molecule has 0 aliphatic heterocycles. The second kappa shape index (κ2) is 5.14. The molecule has 1 aliphatic rings. The summed E-state index contributed by atoms with van der Waals surface area (Å²) in [6, 6.07) is 0. The van der Waals surface area contributed by atoms with Crippen LogP contribution >= 0.6 is 0 Å². The molecule has 0 heterocycles. The molecule has 7 heteroatoms. The summed E-state index contributed by atoms with van der Waals surface area (Å²) in [6.45, 7) is 0.387. The van der Waals surface area contributed by atoms with Crippen molar-refractivity contribution >= 4 is 13.1 Å². The lowest BCUT2D eigenvalue weighted by atomic mass is 9.78. The Labute approximate surface area is 94.8 Å². The highest BCUT2D eigenvalue weighted by Gasteiger charge is 2.47. The minimum absolute atomic E-state index is 0.0554. The van der Waals surface area contributed by atoms with Gasteiger partial charge in [-0.25, -0.2) is 0 Å². The average molecular weight is 230 g/mol. The lowest BCUT2D eigenvalue weighted by Gasteiger charge is -2.17. The highest BCUT2D eigenvalue weighted by Crippen LogP contribution is 2.40. The molecule has 6 nitrogen and oxygen atoms in total. The Morgan fingerprint density at radius 3 is 2.38 bits per heavy atom. The molecule has 92 valence electrons. The van der Waals surface area contributed by atoms with Crippen molar-refractivity contribution in [3.63, 3.8) is 0 Å². The Bertz CT molecular complexity index is 264. The predicted molar refractivity (Wildman–Crippen MR) is 59.4 cm³/mol. The van der Waals surface area contributed by atoms with Crippen molar-refractivity contribution in [1.29, 1.82) is 0 Å². The lowest BCUT2D eigenvalue weighted by molar-refractivity contribution is -0.143. The second-order valence-electron chi connectivity index (χ2n) is 4.68. The molecule has 0 spiro atoms. The van der Waals surface area contributed by atoms with Gasteiger partial charge in [0.2, 0.25) is 0 Å². The Hall–Kier alpha value is -0.625. The highest BCUT2D eigenvalue weighted by atomic mass is 16.4. The maximum Gasteiger partial charge on any atom is 0.451 e. The first-order chi connectivity index (χ1) is 7.39. The smallest absolute Gasteiger partial charge is 0.451 e. The van der Waals surface area contributed by atoms with E-state index in [9.17, 15) is 4.79 Å². The molecule has 7 N–H and O–H groups in total. The normalized spacial score (nSPS) is 34.0. The molecule has 1 aliphatic carbocycles. The summed E-state index contributed by atoms with van der Waals surface area (Å²) in [5.74, 6) is -0.884. The van der Waals surface area contributed by atoms with Crippen LogP contribution < -0.4 is 11.5 Å². The fraction of sp³-hybridized carbons (Fsp3) is 0.889. The molecule has 1 fully saturated rings. The van der Waals surface area contributed by atoms with Gasteiger partial charge in [0.1, 0.15) is 5.54 Å². The van der Waals surface area contributed by atoms with Crippen LogP contribution in [0.2, 0.25) is 6.32 Å². The number of aliphatic carboxylic acids is 1. The zero-order valence-electron chi connectivity index (χ0n) is 9.17. The third-order valence-electron chi connectivity index (χ3n) is 3.44. The first kappa shape index (κ1) is 13.4. The molecule has 0 aromatic rings. The molecule has 3 atom stereocenters. The van der Waals surface area contributed by atoms with Gasteiger partial charge < -0.3 is 26.6 Å². The van der Waals surface area contributed by atoms with Gasteiger partial charge in [-0.3, -0.25) is 4.79 Å². The van der Waals surface area contributed by atoms with Gasteiger partial charge in [0.25, 0.3) is 0 Å². The minimum Gasteiger partial charge on any atom is -0.480 e. The number of hydrogen-bond acceptors (Lipinski definition) is 5. The largest absolute Gasteiger partial charge is 0.480 e. The van der Waals surface area contributed by atoms with Crippen molar-refractivity contribution in [1.82, 2.24) is 0 Å². The van der Waals surface area contributed by atoms with Gasteiger partial charge in [0.15, 0.2) is 0 Å². The van der Waals surface area contributed by atoms with Crippen LogP contribution in [0.3, 0.4) is 0 Å². The van der Waals surface area contributed by atoms with E-state index in [1.165, 1.54) is 0 Å². The van der Waals surface area contributed by atoms with E-state index >= 15 is 0 Å². The number of carboxylic acid groups (broad SMARTS) is 1. The number of rotatable bonds is 5. The number of carboxylic acids is 1. The van der Waals surface area contributed by atoms with Crippen LogP contribution in [0.4, 0.5) is 0 Å². The molecule has 0 bridgehead atoms. The summed E-state index contributed by atoms with van der Waals surface area (Å²) in [4.78, 5) is 11.0. The van der Waals surface area contributed by atoms with Gasteiger partial charge in [-0.2, -0.15) is 0 Å². The molecular formula is C9H19BN2O4. The maximum absolute atomic E-state index is 11.0. The van der Waals surface area contributed by atoms with Crippen LogP contribution in [-0.2, 0) is 4.79 Å². The van der Waals surface area contributed by atoms with E-state index in [4.69, 9.17) is 26.6 Å². The number of carbonyl (C=O) groups is 1. The third-order valence-corrected chi connectivity index (χ3v) is 3.44. The molecule has 0 aromatic carbocycles. The quantitative estimate of drug-likeness (QED) is 0.370. The van der Waals surface area contributed by atoms with E-state index in [1.54, 1.807) is 0 Å². The summed E-state index contributed by atoms with van der Waals surface area (Å²) in [6.07, 6.45) is 1.50. The molecule has 0 saturated heterocycles. The SMILES string of the molecule is NC[C@@H]1C[C@@](N)(C(=O)O)C[C@H]1CCB(O)O. The fourth-order valence-corrected chi connectivity index (χ4v) is 2.50. The summed E-state index contributed by atoms with van der Waals surface area (Å²) in [5, 5.41) is 26.6. The summed E-state index contributed by atoms with van der Waals surface area (Å²) in [5.41, 5.74) is 10.2. The van der Waals surface area contributed by atoms with Crippen LogP contribution in [0.15, 0.2) is 0 Å². The predicted octanol–water partition coefficient (Wildman–Crippen LogP) is -1.38. The van der Waals surface area contributed by atoms with E-state index in [0.29, 0.717) is 25.8 Å². The molecule has 0 unspecified atom stereocenters. The Morgan fingerprint density at radius 1 is 1.38 bits per heavy atom. The number of nitrogens with two attached hydrogens (primary N) is 2. The fourth-order valence-electron chi connectivity index (χ4n) is 2.50. The second-order valence-corrected chi connectivity index (χ2v) is 4.68. The van der Waals surface area contributed by atoms with Gasteiger partial charge >= 0.3 is 13.1 Å². The molecule has 1 rings (SSSR count). The zero-order valence-corrected chi connectivity index (χ0v) is 9.17. The van der Waals surface area contributed by atoms with Crippen LogP contribution in [-0.4, -0.2) is 40.3 Å². The van der Waals surface area contributed by atoms with Gasteiger partial charge in [-0.1, -0.05) is 6.42 Å². The highest BCUT2D eigenvalue weighted by molar-refractivity contribution is 6.40. The first-order valence-electron chi connectivity index (χ1n) is 5.47. The van der Waals surface area contributed by atoms with Gasteiger partial charge in [0, 0.05) is 0 Å². The maximum atomic E-state index is 11.0. The van der Waals surface area contributed by atoms with Crippen molar-refractivity contribution in [3.05, 3.63) is 0 Å². The van der Waals surface area contributed by atoms with E-state index in [2.05, 4.69) is 0 Å². The van der Waals surface area contributed by atoms with Crippen molar-refractivity contribution in [2.45, 2.75) is 31.1 Å². The summed E-state index contributed by atoms with van der Waals surface area (Å²) >= 11 is 0. The lowest BCUT2D eigenvalue weighted by Crippen LogP contribution is -2.45. The van der Waals surface area contributed by atoms with Crippen molar-refractivity contribution in [2.75, 3.05) is 6.54 Å². The number of hydrogen-bond donors (Lipinski definition) is 5. The van der Waals surface area contributed by atoms with Crippen LogP contribution in [0.5, 0.6) is 0 Å². The van der Waals surface area contributed by atoms with Crippen molar-refractivity contribution in [2.24, 2.45) is 23.3 Å². The van der Waals surface area contributed by atoms with Crippen molar-refractivity contribution < 1.29 is 19.9 Å². The molecule has 0 amide bonds. The third kappa shape index (κ3) is 2.94. The molecule has 0 aromatic heterocycles. The van der Waals surface area contributed by atoms with Crippen molar-refractivity contribution in [3.8, 4) is 0 Å². The minimum atomic E-state index is -1.35. The molecular weight excluding hydrogens is 211 g/mol. The monoisotopic (exact) mass is 230 g/mol. The van der Waals surface area contributed by atoms with E-state index in [1.807, 2.05) is 0 Å². The summed E-state index contributed by atoms with van der Waals surface area (Å²) in [7, 11) is -1.35. The van der Waals surface area contributed by atoms with Crippen LogP contribution in [0, 0.1) is 11.8 Å².